The van der Waals surface area contributed by atoms with E-state index in [-0.39, 0.29) is 29.1 Å². The van der Waals surface area contributed by atoms with Crippen molar-refractivity contribution in [3.8, 4) is 22.6 Å². The first kappa shape index (κ1) is 26.5. The summed E-state index contributed by atoms with van der Waals surface area (Å²) in [5, 5.41) is 3.86. The van der Waals surface area contributed by atoms with Crippen LogP contribution < -0.4 is 4.72 Å². The van der Waals surface area contributed by atoms with Crippen molar-refractivity contribution in [3.05, 3.63) is 107 Å². The monoisotopic (exact) mass is 568 g/mol. The quantitative estimate of drug-likeness (QED) is 0.255. The second kappa shape index (κ2) is 10.4. The maximum atomic E-state index is 13.6. The number of rotatable bonds is 8. The van der Waals surface area contributed by atoms with Gasteiger partial charge < -0.3 is 13.8 Å². The van der Waals surface area contributed by atoms with Gasteiger partial charge in [-0.25, -0.2) is 18.1 Å². The van der Waals surface area contributed by atoms with Crippen molar-refractivity contribution in [2.45, 2.75) is 37.6 Å². The molecule has 2 heterocycles. The minimum absolute atomic E-state index is 0.00918. The summed E-state index contributed by atoms with van der Waals surface area (Å²) in [5.41, 5.74) is 6.07. The van der Waals surface area contributed by atoms with E-state index in [1.165, 1.54) is 11.8 Å². The maximum Gasteiger partial charge on any atom is 0.264 e. The first-order chi connectivity index (χ1) is 19.7. The van der Waals surface area contributed by atoms with Crippen LogP contribution in [0.3, 0.4) is 0 Å². The van der Waals surface area contributed by atoms with Crippen molar-refractivity contribution >= 4 is 21.8 Å². The Kier molecular flexibility index (Phi) is 6.70. The Balaban J connectivity index is 1.38. The zero-order valence-electron chi connectivity index (χ0n) is 22.8. The second-order valence-corrected chi connectivity index (χ2v) is 11.8. The fourth-order valence-corrected chi connectivity index (χ4v) is 6.45. The first-order valence-electron chi connectivity index (χ1n) is 13.1. The minimum atomic E-state index is -4.05. The molecule has 2 aromatic heterocycles. The number of hydrogen-bond donors (Lipinski definition) is 1. The zero-order valence-corrected chi connectivity index (χ0v) is 23.6. The molecule has 3 aromatic carbocycles. The van der Waals surface area contributed by atoms with Gasteiger partial charge in [-0.05, 0) is 60.7 Å². The Morgan fingerprint density at radius 1 is 1.05 bits per heavy atom. The van der Waals surface area contributed by atoms with Crippen LogP contribution in [-0.4, -0.2) is 36.4 Å². The van der Waals surface area contributed by atoms with Crippen LogP contribution in [0.2, 0.25) is 0 Å². The van der Waals surface area contributed by atoms with Crippen LogP contribution in [0.5, 0.6) is 0 Å². The molecular weight excluding hydrogens is 540 g/mol. The minimum Gasteiger partial charge on any atom is -0.445 e. The summed E-state index contributed by atoms with van der Waals surface area (Å²) in [6.07, 6.45) is 3.76. The topological polar surface area (TPSA) is 119 Å². The average molecular weight is 569 g/mol. The van der Waals surface area contributed by atoms with Crippen molar-refractivity contribution in [1.82, 2.24) is 15.0 Å². The number of fused-ring (bicyclic) bond motifs is 1. The van der Waals surface area contributed by atoms with Crippen LogP contribution in [0.15, 0.2) is 93.0 Å². The molecule has 0 aliphatic heterocycles. The lowest BCUT2D eigenvalue weighted by Gasteiger charge is -2.32. The molecule has 1 N–H and O–H groups in total. The summed E-state index contributed by atoms with van der Waals surface area (Å²) >= 11 is 0. The lowest BCUT2D eigenvalue weighted by molar-refractivity contribution is -0.132. The largest absolute Gasteiger partial charge is 0.445 e. The molecule has 41 heavy (non-hydrogen) atoms. The smallest absolute Gasteiger partial charge is 0.264 e. The number of sulfonamides is 1. The molecule has 0 saturated carbocycles. The van der Waals surface area contributed by atoms with E-state index in [2.05, 4.69) is 14.9 Å². The van der Waals surface area contributed by atoms with E-state index in [0.717, 1.165) is 16.7 Å². The number of benzene rings is 3. The molecule has 0 saturated heterocycles. The number of oxazole rings is 1. The molecule has 10 heteroatoms. The third-order valence-corrected chi connectivity index (χ3v) is 8.96. The summed E-state index contributed by atoms with van der Waals surface area (Å²) in [6.45, 7) is 3.73. The first-order valence-corrected chi connectivity index (χ1v) is 14.6. The predicted molar refractivity (Wildman–Crippen MR) is 154 cm³/mol. The molecule has 1 unspecified atom stereocenters. The molecule has 1 aliphatic rings. The highest BCUT2D eigenvalue weighted by Crippen LogP contribution is 2.38. The molecule has 5 aromatic rings. The molecule has 0 spiro atoms. The highest BCUT2D eigenvalue weighted by Gasteiger charge is 2.34. The number of nitrogens with one attached hydrogen (secondary N) is 1. The van der Waals surface area contributed by atoms with E-state index in [0.29, 0.717) is 34.7 Å². The standard InChI is InChI=1S/C31H28N4O5S/c1-19-20(2)33-40-29(19)34-41(37,38)28-11-7-6-10-26(28)25-13-12-22(30-32-14-15-39-30)16-23(25)18-35(3)31(36)27-17-21-8-4-5-9-24(21)27/h4-16,27,34H,17-18H2,1-3H3. The fraction of sp³-hybridized carbons (Fsp3) is 0.194. The predicted octanol–water partition coefficient (Wildman–Crippen LogP) is 5.71. The van der Waals surface area contributed by atoms with Gasteiger partial charge in [0.25, 0.3) is 10.0 Å². The van der Waals surface area contributed by atoms with Crippen LogP contribution in [0.4, 0.5) is 5.88 Å². The summed E-state index contributed by atoms with van der Waals surface area (Å²) in [6, 6.07) is 20.3. The van der Waals surface area contributed by atoms with Gasteiger partial charge in [0.05, 0.1) is 22.7 Å². The van der Waals surface area contributed by atoms with Gasteiger partial charge in [0.2, 0.25) is 17.7 Å². The number of carbonyl (C=O) groups excluding carboxylic acids is 1. The molecule has 0 radical (unpaired) electrons. The van der Waals surface area contributed by atoms with Crippen molar-refractivity contribution < 1.29 is 22.2 Å². The average Bonchev–Trinajstić information content (AvgIpc) is 3.60. The Hall–Kier alpha value is -4.70. The molecule has 6 rings (SSSR count). The van der Waals surface area contributed by atoms with Gasteiger partial charge in [-0.1, -0.05) is 53.7 Å². The lowest BCUT2D eigenvalue weighted by Crippen LogP contribution is -2.36. The van der Waals surface area contributed by atoms with Crippen LogP contribution in [-0.2, 0) is 27.8 Å². The fourth-order valence-electron chi connectivity index (χ4n) is 5.18. The molecule has 1 aliphatic carbocycles. The number of hydrogen-bond acceptors (Lipinski definition) is 7. The molecule has 9 nitrogen and oxygen atoms in total. The van der Waals surface area contributed by atoms with Crippen LogP contribution in [0.1, 0.15) is 33.9 Å². The van der Waals surface area contributed by atoms with Crippen LogP contribution in [0.25, 0.3) is 22.6 Å². The highest BCUT2D eigenvalue weighted by molar-refractivity contribution is 7.92. The second-order valence-electron chi connectivity index (χ2n) is 10.2. The van der Waals surface area contributed by atoms with Crippen molar-refractivity contribution in [3.63, 3.8) is 0 Å². The number of amides is 1. The lowest BCUT2D eigenvalue weighted by atomic mass is 9.77. The molecule has 1 atom stereocenters. The van der Waals surface area contributed by atoms with Gasteiger partial charge in [-0.15, -0.1) is 0 Å². The third kappa shape index (κ3) is 4.91. The molecule has 208 valence electrons. The van der Waals surface area contributed by atoms with E-state index < -0.39 is 10.0 Å². The Bertz CT molecular complexity index is 1860. The molecule has 0 fully saturated rings. The summed E-state index contributed by atoms with van der Waals surface area (Å²) < 4.78 is 40.5. The summed E-state index contributed by atoms with van der Waals surface area (Å²) in [5.74, 6) is 0.316. The third-order valence-electron chi connectivity index (χ3n) is 7.57. The van der Waals surface area contributed by atoms with Crippen LogP contribution >= 0.6 is 0 Å². The van der Waals surface area contributed by atoms with Gasteiger partial charge >= 0.3 is 0 Å². The van der Waals surface area contributed by atoms with E-state index >= 15 is 0 Å². The van der Waals surface area contributed by atoms with Gasteiger partial charge in [-0.2, -0.15) is 0 Å². The molecule has 0 bridgehead atoms. The molecular formula is C31H28N4O5S. The van der Waals surface area contributed by atoms with Crippen molar-refractivity contribution in [2.24, 2.45) is 0 Å². The number of carbonyl (C=O) groups is 1. The number of anilines is 1. The Morgan fingerprint density at radius 3 is 2.56 bits per heavy atom. The number of aromatic nitrogens is 2. The number of aryl methyl sites for hydroxylation is 1. The van der Waals surface area contributed by atoms with Gasteiger partial charge in [0.15, 0.2) is 0 Å². The van der Waals surface area contributed by atoms with E-state index in [4.69, 9.17) is 8.94 Å². The number of nitrogens with zero attached hydrogens (tertiary/aromatic N) is 3. The summed E-state index contributed by atoms with van der Waals surface area (Å²) in [4.78, 5) is 19.5. The Morgan fingerprint density at radius 2 is 1.83 bits per heavy atom. The van der Waals surface area contributed by atoms with E-state index in [9.17, 15) is 13.2 Å². The van der Waals surface area contributed by atoms with Gasteiger partial charge in [-0.3, -0.25) is 4.79 Å². The molecule has 1 amide bonds. The zero-order chi connectivity index (χ0) is 28.7. The van der Waals surface area contributed by atoms with Crippen molar-refractivity contribution in [2.75, 3.05) is 11.8 Å². The van der Waals surface area contributed by atoms with Crippen molar-refractivity contribution in [1.29, 1.82) is 0 Å². The summed E-state index contributed by atoms with van der Waals surface area (Å²) in [7, 11) is -2.29. The van der Waals surface area contributed by atoms with Gasteiger partial charge in [0, 0.05) is 30.3 Å². The maximum absolute atomic E-state index is 13.6. The Labute approximate surface area is 237 Å². The van der Waals surface area contributed by atoms with Crippen LogP contribution in [0, 0.1) is 13.8 Å². The highest BCUT2D eigenvalue weighted by atomic mass is 32.2. The van der Waals surface area contributed by atoms with E-state index in [1.807, 2.05) is 42.5 Å². The SMILES string of the molecule is Cc1noc(NS(=O)(=O)c2ccccc2-c2ccc(-c3ncco3)cc2CN(C)C(=O)C2Cc3ccccc32)c1C. The van der Waals surface area contributed by atoms with Gasteiger partial charge in [0.1, 0.15) is 6.26 Å². The number of likely N-dealkylation sites (N-methyl/N-ethyl adjacent to an activating group) is 1. The normalized spacial score (nSPS) is 14.3. The van der Waals surface area contributed by atoms with E-state index in [1.54, 1.807) is 56.3 Å².